The fraction of sp³-hybridized carbons (Fsp3) is 0.375. The first-order valence-corrected chi connectivity index (χ1v) is 10.3. The highest BCUT2D eigenvalue weighted by Crippen LogP contribution is 2.30. The van der Waals surface area contributed by atoms with Gasteiger partial charge >= 0.3 is 0 Å². The van der Waals surface area contributed by atoms with Crippen LogP contribution in [0.2, 0.25) is 0 Å². The molecule has 1 fully saturated rings. The van der Waals surface area contributed by atoms with Crippen molar-refractivity contribution >= 4 is 16.7 Å². The van der Waals surface area contributed by atoms with Crippen molar-refractivity contribution in [1.29, 1.82) is 0 Å². The third kappa shape index (κ3) is 4.28. The van der Waals surface area contributed by atoms with Crippen LogP contribution < -0.4 is 20.2 Å². The third-order valence-electron chi connectivity index (χ3n) is 5.65. The van der Waals surface area contributed by atoms with Crippen LogP contribution in [0.3, 0.4) is 0 Å². The van der Waals surface area contributed by atoms with Crippen molar-refractivity contribution in [2.24, 2.45) is 0 Å². The van der Waals surface area contributed by atoms with E-state index in [1.54, 1.807) is 20.5 Å². The zero-order valence-corrected chi connectivity index (χ0v) is 17.7. The molecule has 2 aromatic carbocycles. The summed E-state index contributed by atoms with van der Waals surface area (Å²) >= 11 is 0. The Balaban J connectivity index is 1.46. The van der Waals surface area contributed by atoms with E-state index in [4.69, 9.17) is 13.9 Å². The highest BCUT2D eigenvalue weighted by molar-refractivity contribution is 5.77. The van der Waals surface area contributed by atoms with Crippen molar-refractivity contribution in [3.8, 4) is 11.5 Å². The predicted octanol–water partition coefficient (Wildman–Crippen LogP) is 4.20. The van der Waals surface area contributed by atoms with Gasteiger partial charge in [0, 0.05) is 36.4 Å². The van der Waals surface area contributed by atoms with Crippen molar-refractivity contribution < 1.29 is 13.9 Å². The van der Waals surface area contributed by atoms with Crippen LogP contribution in [0.15, 0.2) is 51.9 Å². The number of nitrogens with one attached hydrogen (secondary N) is 1. The number of benzene rings is 2. The van der Waals surface area contributed by atoms with Gasteiger partial charge in [0.25, 0.3) is 0 Å². The Morgan fingerprint density at radius 3 is 2.77 bits per heavy atom. The summed E-state index contributed by atoms with van der Waals surface area (Å²) in [7, 11) is 3.27. The molecule has 0 bridgehead atoms. The van der Waals surface area contributed by atoms with Gasteiger partial charge in [0.15, 0.2) is 16.9 Å². The molecule has 1 aromatic heterocycles. The number of ether oxygens (including phenoxy) is 2. The van der Waals surface area contributed by atoms with Crippen LogP contribution in [-0.2, 0) is 6.54 Å². The fourth-order valence-corrected chi connectivity index (χ4v) is 4.11. The van der Waals surface area contributed by atoms with Gasteiger partial charge in [0.05, 0.1) is 25.9 Å². The summed E-state index contributed by atoms with van der Waals surface area (Å²) in [6, 6.07) is 11.9. The summed E-state index contributed by atoms with van der Waals surface area (Å²) in [5.74, 6) is 1.42. The van der Waals surface area contributed by atoms with Crippen LogP contribution in [-0.4, -0.2) is 38.3 Å². The molecule has 30 heavy (non-hydrogen) atoms. The number of anilines is 1. The molecular weight excluding hydrogens is 380 g/mol. The number of likely N-dealkylation sites (tertiary alicyclic amines) is 1. The van der Waals surface area contributed by atoms with Gasteiger partial charge in [0.2, 0.25) is 0 Å². The molecule has 1 aliphatic rings. The van der Waals surface area contributed by atoms with Gasteiger partial charge in [-0.2, -0.15) is 0 Å². The van der Waals surface area contributed by atoms with Gasteiger partial charge in [-0.15, -0.1) is 0 Å². The molecule has 2 heterocycles. The van der Waals surface area contributed by atoms with Gasteiger partial charge in [-0.3, -0.25) is 9.69 Å². The van der Waals surface area contributed by atoms with E-state index >= 15 is 0 Å². The largest absolute Gasteiger partial charge is 0.493 e. The molecule has 0 spiro atoms. The average molecular weight is 408 g/mol. The number of methoxy groups -OCH3 is 2. The van der Waals surface area contributed by atoms with E-state index in [0.29, 0.717) is 40.6 Å². The number of nitrogens with zero attached hydrogens (tertiary/aromatic N) is 1. The molecule has 0 saturated carbocycles. The Bertz CT molecular complexity index is 1090. The number of fused-ring (bicyclic) bond motifs is 1. The Morgan fingerprint density at radius 1 is 1.13 bits per heavy atom. The second kappa shape index (κ2) is 8.79. The average Bonchev–Trinajstić information content (AvgIpc) is 2.76. The molecule has 3 aromatic rings. The van der Waals surface area contributed by atoms with Gasteiger partial charge in [-0.05, 0) is 50.6 Å². The topological polar surface area (TPSA) is 63.9 Å². The third-order valence-corrected chi connectivity index (χ3v) is 5.65. The zero-order valence-electron chi connectivity index (χ0n) is 17.7. The Hall–Kier alpha value is -2.99. The Kier molecular flexibility index (Phi) is 5.95. The number of rotatable bonds is 6. The molecule has 1 N–H and O–H groups in total. The van der Waals surface area contributed by atoms with E-state index in [0.717, 1.165) is 37.2 Å². The lowest BCUT2D eigenvalue weighted by atomic mass is 10.0. The summed E-state index contributed by atoms with van der Waals surface area (Å²) in [6.45, 7) is 4.41. The molecule has 0 aliphatic carbocycles. The maximum Gasteiger partial charge on any atom is 0.197 e. The predicted molar refractivity (Wildman–Crippen MR) is 119 cm³/mol. The van der Waals surface area contributed by atoms with Gasteiger partial charge in [-0.1, -0.05) is 11.6 Å². The summed E-state index contributed by atoms with van der Waals surface area (Å²) in [6.07, 6.45) is 3.77. The first-order chi connectivity index (χ1) is 14.6. The van der Waals surface area contributed by atoms with Crippen molar-refractivity contribution in [3.05, 3.63) is 64.0 Å². The second-order valence-corrected chi connectivity index (χ2v) is 7.88. The van der Waals surface area contributed by atoms with Crippen LogP contribution in [0.25, 0.3) is 11.0 Å². The summed E-state index contributed by atoms with van der Waals surface area (Å²) in [5.41, 5.74) is 3.47. The standard InChI is InChI=1S/C24H28N2O4/c1-16-6-8-21-20(11-16)24(27)17(15-30-21)13-26-10-4-5-19(14-26)25-18-7-9-22(28-2)23(12-18)29-3/h6-9,11-12,15,19,25H,4-5,10,13-14H2,1-3H3. The highest BCUT2D eigenvalue weighted by Gasteiger charge is 2.21. The molecule has 1 atom stereocenters. The van der Waals surface area contributed by atoms with Gasteiger partial charge < -0.3 is 19.2 Å². The van der Waals surface area contributed by atoms with Crippen molar-refractivity contribution in [2.75, 3.05) is 32.6 Å². The number of piperidine rings is 1. The summed E-state index contributed by atoms with van der Waals surface area (Å²) < 4.78 is 16.4. The normalized spacial score (nSPS) is 17.1. The van der Waals surface area contributed by atoms with Crippen LogP contribution >= 0.6 is 0 Å². The molecule has 0 radical (unpaired) electrons. The van der Waals surface area contributed by atoms with E-state index < -0.39 is 0 Å². The van der Waals surface area contributed by atoms with Crippen LogP contribution in [0.1, 0.15) is 24.0 Å². The van der Waals surface area contributed by atoms with Gasteiger partial charge in [0.1, 0.15) is 5.58 Å². The van der Waals surface area contributed by atoms with E-state index in [2.05, 4.69) is 10.2 Å². The molecule has 1 unspecified atom stereocenters. The Morgan fingerprint density at radius 2 is 1.97 bits per heavy atom. The molecule has 4 rings (SSSR count). The van der Waals surface area contributed by atoms with Crippen molar-refractivity contribution in [1.82, 2.24) is 4.90 Å². The van der Waals surface area contributed by atoms with Crippen LogP contribution in [0, 0.1) is 6.92 Å². The van der Waals surface area contributed by atoms with E-state index in [-0.39, 0.29) is 5.43 Å². The minimum absolute atomic E-state index is 0.0647. The molecule has 6 heteroatoms. The second-order valence-electron chi connectivity index (χ2n) is 7.88. The minimum atomic E-state index is 0.0647. The number of hydrogen-bond acceptors (Lipinski definition) is 6. The number of hydrogen-bond donors (Lipinski definition) is 1. The van der Waals surface area contributed by atoms with Gasteiger partial charge in [-0.25, -0.2) is 0 Å². The van der Waals surface area contributed by atoms with Crippen molar-refractivity contribution in [2.45, 2.75) is 32.4 Å². The van der Waals surface area contributed by atoms with Crippen LogP contribution in [0.5, 0.6) is 11.5 Å². The first-order valence-electron chi connectivity index (χ1n) is 10.3. The molecule has 1 saturated heterocycles. The fourth-order valence-electron chi connectivity index (χ4n) is 4.11. The van der Waals surface area contributed by atoms with E-state index in [1.807, 2.05) is 43.3 Å². The SMILES string of the molecule is COc1ccc(NC2CCCN(Cc3coc4ccc(C)cc4c3=O)C2)cc1OC. The number of aryl methyl sites for hydroxylation is 1. The van der Waals surface area contributed by atoms with Crippen molar-refractivity contribution in [3.63, 3.8) is 0 Å². The summed E-state index contributed by atoms with van der Waals surface area (Å²) in [5, 5.41) is 4.25. The maximum atomic E-state index is 12.9. The molecule has 6 nitrogen and oxygen atoms in total. The van der Waals surface area contributed by atoms with Crippen LogP contribution in [0.4, 0.5) is 5.69 Å². The monoisotopic (exact) mass is 408 g/mol. The molecule has 1 aliphatic heterocycles. The van der Waals surface area contributed by atoms with E-state index in [9.17, 15) is 4.79 Å². The first kappa shape index (κ1) is 20.3. The lowest BCUT2D eigenvalue weighted by molar-refractivity contribution is 0.207. The lowest BCUT2D eigenvalue weighted by Crippen LogP contribution is -2.42. The molecule has 0 amide bonds. The highest BCUT2D eigenvalue weighted by atomic mass is 16.5. The van der Waals surface area contributed by atoms with E-state index in [1.165, 1.54) is 0 Å². The quantitative estimate of drug-likeness (QED) is 0.660. The summed E-state index contributed by atoms with van der Waals surface area (Å²) in [4.78, 5) is 15.2. The zero-order chi connectivity index (χ0) is 21.1. The maximum absolute atomic E-state index is 12.9. The lowest BCUT2D eigenvalue weighted by Gasteiger charge is -2.33. The molecule has 158 valence electrons. The molecular formula is C24H28N2O4. The minimum Gasteiger partial charge on any atom is -0.493 e. The Labute approximate surface area is 176 Å². The smallest absolute Gasteiger partial charge is 0.197 e.